The number of halogens is 3. The standard InChI is InChI=1S/C17H19F3N2O2/c1-2-15(23)22-10-16(11-22)7-5-12(6-8-16)3-4-13-9-14(24-21-13)17(18,19)20/h2-4,9,12H,1,5-8,10-11H2/b4-3+. The number of aromatic nitrogens is 1. The highest BCUT2D eigenvalue weighted by Crippen LogP contribution is 2.46. The van der Waals surface area contributed by atoms with Gasteiger partial charge >= 0.3 is 6.18 Å². The first kappa shape index (κ1) is 16.8. The van der Waals surface area contributed by atoms with Gasteiger partial charge in [-0.1, -0.05) is 17.8 Å². The lowest BCUT2D eigenvalue weighted by molar-refractivity contribution is -0.155. The Morgan fingerprint density at radius 3 is 2.58 bits per heavy atom. The monoisotopic (exact) mass is 340 g/mol. The molecule has 0 unspecified atom stereocenters. The van der Waals surface area contributed by atoms with E-state index in [2.05, 4.69) is 16.3 Å². The van der Waals surface area contributed by atoms with Gasteiger partial charge in [0.05, 0.1) is 0 Å². The number of hydrogen-bond acceptors (Lipinski definition) is 3. The highest BCUT2D eigenvalue weighted by molar-refractivity contribution is 5.87. The Hall–Kier alpha value is -2.05. The molecule has 24 heavy (non-hydrogen) atoms. The van der Waals surface area contributed by atoms with E-state index in [-0.39, 0.29) is 17.0 Å². The molecule has 1 amide bonds. The highest BCUT2D eigenvalue weighted by Gasteiger charge is 2.45. The first-order valence-corrected chi connectivity index (χ1v) is 7.95. The molecule has 1 aromatic rings. The summed E-state index contributed by atoms with van der Waals surface area (Å²) >= 11 is 0. The molecule has 0 N–H and O–H groups in total. The van der Waals surface area contributed by atoms with Gasteiger partial charge in [-0.05, 0) is 43.8 Å². The third-order valence-corrected chi connectivity index (χ3v) is 4.98. The molecule has 4 nitrogen and oxygen atoms in total. The summed E-state index contributed by atoms with van der Waals surface area (Å²) in [5.74, 6) is -0.772. The number of carbonyl (C=O) groups excluding carboxylic acids is 1. The molecule has 1 saturated carbocycles. The van der Waals surface area contributed by atoms with Gasteiger partial charge in [0, 0.05) is 24.6 Å². The van der Waals surface area contributed by atoms with E-state index in [0.717, 1.165) is 44.8 Å². The normalized spacial score (nSPS) is 21.2. The number of allylic oxidation sites excluding steroid dienone is 1. The predicted molar refractivity (Wildman–Crippen MR) is 81.7 cm³/mol. The molecule has 2 aliphatic rings. The van der Waals surface area contributed by atoms with Crippen LogP contribution < -0.4 is 0 Å². The molecule has 3 rings (SSSR count). The second-order valence-corrected chi connectivity index (χ2v) is 6.71. The molecule has 1 spiro atoms. The number of rotatable bonds is 3. The molecule has 2 fully saturated rings. The summed E-state index contributed by atoms with van der Waals surface area (Å²) in [6.07, 6.45) is 4.33. The van der Waals surface area contributed by atoms with Crippen molar-refractivity contribution in [2.75, 3.05) is 13.1 Å². The zero-order chi connectivity index (χ0) is 17.4. The summed E-state index contributed by atoms with van der Waals surface area (Å²) in [4.78, 5) is 13.3. The molecule has 0 atom stereocenters. The van der Waals surface area contributed by atoms with E-state index < -0.39 is 11.9 Å². The van der Waals surface area contributed by atoms with Gasteiger partial charge in [-0.3, -0.25) is 4.79 Å². The molecule has 1 aliphatic carbocycles. The van der Waals surface area contributed by atoms with Gasteiger partial charge < -0.3 is 9.42 Å². The first-order valence-electron chi connectivity index (χ1n) is 7.95. The van der Waals surface area contributed by atoms with Gasteiger partial charge in [0.2, 0.25) is 11.7 Å². The van der Waals surface area contributed by atoms with E-state index in [1.54, 1.807) is 11.0 Å². The van der Waals surface area contributed by atoms with Gasteiger partial charge in [-0.15, -0.1) is 0 Å². The second-order valence-electron chi connectivity index (χ2n) is 6.71. The first-order chi connectivity index (χ1) is 11.3. The van der Waals surface area contributed by atoms with Crippen LogP contribution in [0.2, 0.25) is 0 Å². The molecule has 130 valence electrons. The second kappa shape index (κ2) is 6.11. The summed E-state index contributed by atoms with van der Waals surface area (Å²) < 4.78 is 41.6. The number of nitrogens with zero attached hydrogens (tertiary/aromatic N) is 2. The average molecular weight is 340 g/mol. The van der Waals surface area contributed by atoms with E-state index in [9.17, 15) is 18.0 Å². The van der Waals surface area contributed by atoms with Crippen LogP contribution in [0, 0.1) is 11.3 Å². The predicted octanol–water partition coefficient (Wildman–Crippen LogP) is 3.91. The lowest BCUT2D eigenvalue weighted by Gasteiger charge is -2.53. The maximum absolute atomic E-state index is 12.4. The number of carbonyl (C=O) groups is 1. The molecule has 1 aromatic heterocycles. The van der Waals surface area contributed by atoms with Crippen LogP contribution in [0.25, 0.3) is 6.08 Å². The summed E-state index contributed by atoms with van der Waals surface area (Å²) in [6, 6.07) is 0.908. The van der Waals surface area contributed by atoms with Crippen molar-refractivity contribution < 1.29 is 22.5 Å². The van der Waals surface area contributed by atoms with E-state index in [1.165, 1.54) is 6.08 Å². The summed E-state index contributed by atoms with van der Waals surface area (Å²) in [5.41, 5.74) is 0.411. The number of amides is 1. The molecular formula is C17H19F3N2O2. The average Bonchev–Trinajstić information content (AvgIpc) is 2.99. The topological polar surface area (TPSA) is 46.3 Å². The Balaban J connectivity index is 1.50. The van der Waals surface area contributed by atoms with Crippen LogP contribution in [0.3, 0.4) is 0 Å². The Morgan fingerprint density at radius 2 is 2.04 bits per heavy atom. The zero-order valence-corrected chi connectivity index (χ0v) is 13.2. The quantitative estimate of drug-likeness (QED) is 0.784. The van der Waals surface area contributed by atoms with Crippen LogP contribution in [0.4, 0.5) is 13.2 Å². The van der Waals surface area contributed by atoms with Crippen LogP contribution in [-0.2, 0) is 11.0 Å². The molecular weight excluding hydrogens is 321 g/mol. The smallest absolute Gasteiger partial charge is 0.351 e. The molecule has 7 heteroatoms. The SMILES string of the molecule is C=CC(=O)N1CC2(CCC(/C=C/c3cc(C(F)(F)F)on3)CC2)C1. The molecule has 0 aromatic carbocycles. The Kier molecular flexibility index (Phi) is 4.27. The third kappa shape index (κ3) is 3.39. The van der Waals surface area contributed by atoms with E-state index >= 15 is 0 Å². The van der Waals surface area contributed by atoms with Crippen molar-refractivity contribution >= 4 is 12.0 Å². The van der Waals surface area contributed by atoms with E-state index in [1.807, 2.05) is 6.08 Å². The van der Waals surface area contributed by atoms with Crippen molar-refractivity contribution in [1.29, 1.82) is 0 Å². The number of hydrogen-bond donors (Lipinski definition) is 0. The fraction of sp³-hybridized carbons (Fsp3) is 0.529. The zero-order valence-electron chi connectivity index (χ0n) is 13.2. The fourth-order valence-corrected chi connectivity index (χ4v) is 3.55. The number of alkyl halides is 3. The van der Waals surface area contributed by atoms with Gasteiger partial charge in [-0.2, -0.15) is 13.2 Å². The van der Waals surface area contributed by atoms with Crippen LogP contribution in [0.15, 0.2) is 29.3 Å². The van der Waals surface area contributed by atoms with Gasteiger partial charge in [0.25, 0.3) is 0 Å². The number of likely N-dealkylation sites (tertiary alicyclic amines) is 1. The van der Waals surface area contributed by atoms with Gasteiger partial charge in [0.15, 0.2) is 0 Å². The van der Waals surface area contributed by atoms with Crippen molar-refractivity contribution in [3.8, 4) is 0 Å². The minimum absolute atomic E-state index is 0.0193. The van der Waals surface area contributed by atoms with Crippen LogP contribution in [-0.4, -0.2) is 29.1 Å². The molecule has 2 heterocycles. The maximum atomic E-state index is 12.4. The van der Waals surface area contributed by atoms with Crippen LogP contribution in [0.1, 0.15) is 37.1 Å². The van der Waals surface area contributed by atoms with Crippen molar-refractivity contribution in [3.05, 3.63) is 36.3 Å². The van der Waals surface area contributed by atoms with E-state index in [4.69, 9.17) is 0 Å². The summed E-state index contributed by atoms with van der Waals surface area (Å²) in [6.45, 7) is 5.06. The Labute approximate surface area is 138 Å². The molecule has 0 bridgehead atoms. The molecule has 1 saturated heterocycles. The van der Waals surface area contributed by atoms with Crippen molar-refractivity contribution in [3.63, 3.8) is 0 Å². The van der Waals surface area contributed by atoms with Gasteiger partial charge in [0.1, 0.15) is 5.69 Å². The maximum Gasteiger partial charge on any atom is 0.452 e. The van der Waals surface area contributed by atoms with Gasteiger partial charge in [-0.25, -0.2) is 0 Å². The molecule has 0 radical (unpaired) electrons. The minimum atomic E-state index is -4.50. The fourth-order valence-electron chi connectivity index (χ4n) is 3.55. The van der Waals surface area contributed by atoms with Crippen LogP contribution in [0.5, 0.6) is 0 Å². The van der Waals surface area contributed by atoms with Crippen molar-refractivity contribution in [1.82, 2.24) is 10.1 Å². The van der Waals surface area contributed by atoms with Crippen molar-refractivity contribution in [2.24, 2.45) is 11.3 Å². The lowest BCUT2D eigenvalue weighted by atomic mass is 9.66. The third-order valence-electron chi connectivity index (χ3n) is 4.98. The van der Waals surface area contributed by atoms with Crippen molar-refractivity contribution in [2.45, 2.75) is 31.9 Å². The summed E-state index contributed by atoms with van der Waals surface area (Å²) in [5, 5.41) is 3.43. The minimum Gasteiger partial charge on any atom is -0.351 e. The Morgan fingerprint density at radius 1 is 1.38 bits per heavy atom. The van der Waals surface area contributed by atoms with E-state index in [0.29, 0.717) is 5.92 Å². The molecule has 1 aliphatic heterocycles. The lowest BCUT2D eigenvalue weighted by Crippen LogP contribution is -2.59. The highest BCUT2D eigenvalue weighted by atomic mass is 19.4. The largest absolute Gasteiger partial charge is 0.452 e. The Bertz CT molecular complexity index is 647. The summed E-state index contributed by atoms with van der Waals surface area (Å²) in [7, 11) is 0. The van der Waals surface area contributed by atoms with Crippen LogP contribution >= 0.6 is 0 Å².